The summed E-state index contributed by atoms with van der Waals surface area (Å²) in [6.07, 6.45) is 0. The maximum atomic E-state index is 14.5. The zero-order chi connectivity index (χ0) is 23.9. The number of carbonyl (C=O) groups excluding carboxylic acids is 1. The van der Waals surface area contributed by atoms with Crippen LogP contribution in [0.25, 0.3) is 11.4 Å². The van der Waals surface area contributed by atoms with E-state index >= 15 is 0 Å². The standard InChI is InChI=1S/C26H25FN4O2S/c1-30(16-20-11-8-12-21(15-20)33-2)24(32)18-34-26-29-28-25(22-13-6-7-14-23(22)27)31(26)17-19-9-4-3-5-10-19/h3-15H,16-18H2,1-2H3. The second-order valence-electron chi connectivity index (χ2n) is 7.75. The lowest BCUT2D eigenvalue weighted by atomic mass is 10.2. The third kappa shape index (κ3) is 5.63. The van der Waals surface area contributed by atoms with Crippen LogP contribution in [0.1, 0.15) is 11.1 Å². The van der Waals surface area contributed by atoms with Crippen molar-refractivity contribution < 1.29 is 13.9 Å². The zero-order valence-corrected chi connectivity index (χ0v) is 19.8. The quantitative estimate of drug-likeness (QED) is 0.322. The summed E-state index contributed by atoms with van der Waals surface area (Å²) in [5, 5.41) is 9.12. The van der Waals surface area contributed by atoms with Gasteiger partial charge in [-0.05, 0) is 35.4 Å². The normalized spacial score (nSPS) is 10.8. The summed E-state index contributed by atoms with van der Waals surface area (Å²) in [6.45, 7) is 0.932. The molecule has 1 amide bonds. The molecule has 1 aromatic heterocycles. The maximum Gasteiger partial charge on any atom is 0.233 e. The van der Waals surface area contributed by atoms with E-state index in [1.165, 1.54) is 17.8 Å². The molecule has 0 saturated carbocycles. The van der Waals surface area contributed by atoms with Gasteiger partial charge in [0.05, 0.1) is 25.0 Å². The number of halogens is 1. The van der Waals surface area contributed by atoms with Gasteiger partial charge in [-0.15, -0.1) is 10.2 Å². The minimum Gasteiger partial charge on any atom is -0.497 e. The minimum atomic E-state index is -0.366. The summed E-state index contributed by atoms with van der Waals surface area (Å²) >= 11 is 1.29. The first-order valence-corrected chi connectivity index (χ1v) is 11.8. The van der Waals surface area contributed by atoms with E-state index in [9.17, 15) is 9.18 Å². The molecule has 34 heavy (non-hydrogen) atoms. The second kappa shape index (κ2) is 11.0. The molecule has 0 bridgehead atoms. The highest BCUT2D eigenvalue weighted by Crippen LogP contribution is 2.27. The van der Waals surface area contributed by atoms with Crippen LogP contribution in [0.15, 0.2) is 84.0 Å². The number of aromatic nitrogens is 3. The summed E-state index contributed by atoms with van der Waals surface area (Å²) in [6, 6.07) is 24.0. The molecule has 0 aliphatic heterocycles. The predicted octanol–water partition coefficient (Wildman–Crippen LogP) is 4.89. The molecule has 0 radical (unpaired) electrons. The van der Waals surface area contributed by atoms with E-state index in [4.69, 9.17) is 4.74 Å². The van der Waals surface area contributed by atoms with Crippen molar-refractivity contribution >= 4 is 17.7 Å². The first kappa shape index (κ1) is 23.5. The Morgan fingerprint density at radius 1 is 1.00 bits per heavy atom. The lowest BCUT2D eigenvalue weighted by molar-refractivity contribution is -0.127. The third-order valence-corrected chi connectivity index (χ3v) is 6.27. The van der Waals surface area contributed by atoms with Gasteiger partial charge in [-0.3, -0.25) is 9.36 Å². The molecule has 1 heterocycles. The van der Waals surface area contributed by atoms with Gasteiger partial charge in [-0.25, -0.2) is 4.39 Å². The first-order valence-electron chi connectivity index (χ1n) is 10.8. The van der Waals surface area contributed by atoms with E-state index < -0.39 is 0 Å². The number of thioether (sulfide) groups is 1. The number of ether oxygens (including phenoxy) is 1. The number of benzene rings is 3. The highest BCUT2D eigenvalue weighted by molar-refractivity contribution is 7.99. The molecule has 0 unspecified atom stereocenters. The van der Waals surface area contributed by atoms with E-state index in [-0.39, 0.29) is 17.5 Å². The molecule has 174 valence electrons. The van der Waals surface area contributed by atoms with Crippen molar-refractivity contribution in [2.45, 2.75) is 18.2 Å². The molecule has 0 saturated heterocycles. The molecule has 0 atom stereocenters. The zero-order valence-electron chi connectivity index (χ0n) is 19.0. The van der Waals surface area contributed by atoms with E-state index in [1.807, 2.05) is 59.2 Å². The summed E-state index contributed by atoms with van der Waals surface area (Å²) in [4.78, 5) is 14.5. The Kier molecular flexibility index (Phi) is 7.59. The van der Waals surface area contributed by atoms with Gasteiger partial charge in [0, 0.05) is 13.6 Å². The van der Waals surface area contributed by atoms with Crippen LogP contribution in [-0.2, 0) is 17.9 Å². The van der Waals surface area contributed by atoms with E-state index in [2.05, 4.69) is 10.2 Å². The molecule has 8 heteroatoms. The van der Waals surface area contributed by atoms with Crippen LogP contribution in [0.3, 0.4) is 0 Å². The smallest absolute Gasteiger partial charge is 0.233 e. The monoisotopic (exact) mass is 476 g/mol. The Labute approximate surface area is 202 Å². The summed E-state index contributed by atoms with van der Waals surface area (Å²) in [7, 11) is 3.38. The van der Waals surface area contributed by atoms with Crippen molar-refractivity contribution in [3.8, 4) is 17.1 Å². The number of methoxy groups -OCH3 is 1. The van der Waals surface area contributed by atoms with Gasteiger partial charge in [-0.2, -0.15) is 0 Å². The fourth-order valence-corrected chi connectivity index (χ4v) is 4.39. The lowest BCUT2D eigenvalue weighted by Crippen LogP contribution is -2.28. The first-order chi connectivity index (χ1) is 16.5. The summed E-state index contributed by atoms with van der Waals surface area (Å²) in [5.74, 6) is 0.957. The van der Waals surface area contributed by atoms with Crippen molar-refractivity contribution in [3.05, 3.63) is 95.8 Å². The van der Waals surface area contributed by atoms with Crippen LogP contribution in [0, 0.1) is 5.82 Å². The van der Waals surface area contributed by atoms with Crippen molar-refractivity contribution in [2.24, 2.45) is 0 Å². The van der Waals surface area contributed by atoms with Gasteiger partial charge >= 0.3 is 0 Å². The van der Waals surface area contributed by atoms with Crippen molar-refractivity contribution in [1.82, 2.24) is 19.7 Å². The number of amides is 1. The molecule has 0 spiro atoms. The molecule has 0 N–H and O–H groups in total. The number of carbonyl (C=O) groups is 1. The molecular weight excluding hydrogens is 451 g/mol. The molecular formula is C26H25FN4O2S. The highest BCUT2D eigenvalue weighted by atomic mass is 32.2. The second-order valence-corrected chi connectivity index (χ2v) is 8.69. The summed E-state index contributed by atoms with van der Waals surface area (Å²) < 4.78 is 21.6. The number of hydrogen-bond donors (Lipinski definition) is 0. The Morgan fingerprint density at radius 3 is 2.50 bits per heavy atom. The molecule has 4 aromatic rings. The van der Waals surface area contributed by atoms with Crippen LogP contribution in [-0.4, -0.2) is 45.5 Å². The molecule has 0 fully saturated rings. The minimum absolute atomic E-state index is 0.0467. The molecule has 0 aliphatic carbocycles. The Balaban J connectivity index is 1.52. The van der Waals surface area contributed by atoms with Crippen LogP contribution in [0.4, 0.5) is 4.39 Å². The number of rotatable bonds is 9. The molecule has 4 rings (SSSR count). The predicted molar refractivity (Wildman–Crippen MR) is 131 cm³/mol. The van der Waals surface area contributed by atoms with Crippen molar-refractivity contribution in [3.63, 3.8) is 0 Å². The Morgan fingerprint density at radius 2 is 1.74 bits per heavy atom. The van der Waals surface area contributed by atoms with Crippen LogP contribution in [0.5, 0.6) is 5.75 Å². The molecule has 3 aromatic carbocycles. The SMILES string of the molecule is COc1cccc(CN(C)C(=O)CSc2nnc(-c3ccccc3F)n2Cc2ccccc2)c1. The Hall–Kier alpha value is -3.65. The lowest BCUT2D eigenvalue weighted by Gasteiger charge is -2.17. The van der Waals surface area contributed by atoms with Crippen LogP contribution >= 0.6 is 11.8 Å². The average Bonchev–Trinajstić information content (AvgIpc) is 3.25. The fourth-order valence-electron chi connectivity index (χ4n) is 3.52. The van der Waals surface area contributed by atoms with E-state index in [1.54, 1.807) is 37.3 Å². The Bertz CT molecular complexity index is 1260. The van der Waals surface area contributed by atoms with Crippen molar-refractivity contribution in [1.29, 1.82) is 0 Å². The summed E-state index contributed by atoms with van der Waals surface area (Å²) in [5.41, 5.74) is 2.39. The van der Waals surface area contributed by atoms with Crippen LogP contribution < -0.4 is 4.74 Å². The highest BCUT2D eigenvalue weighted by Gasteiger charge is 2.19. The topological polar surface area (TPSA) is 60.2 Å². The number of nitrogens with zero attached hydrogens (tertiary/aromatic N) is 4. The van der Waals surface area contributed by atoms with E-state index in [0.717, 1.165) is 16.9 Å². The molecule has 0 aliphatic rings. The third-order valence-electron chi connectivity index (χ3n) is 5.32. The van der Waals surface area contributed by atoms with E-state index in [0.29, 0.717) is 29.6 Å². The van der Waals surface area contributed by atoms with Gasteiger partial charge in [0.1, 0.15) is 11.6 Å². The van der Waals surface area contributed by atoms with Gasteiger partial charge in [-0.1, -0.05) is 66.4 Å². The van der Waals surface area contributed by atoms with Gasteiger partial charge in [0.2, 0.25) is 5.91 Å². The molecule has 6 nitrogen and oxygen atoms in total. The average molecular weight is 477 g/mol. The fraction of sp³-hybridized carbons (Fsp3) is 0.192. The van der Waals surface area contributed by atoms with Gasteiger partial charge in [0.25, 0.3) is 0 Å². The number of hydrogen-bond acceptors (Lipinski definition) is 5. The van der Waals surface area contributed by atoms with Gasteiger partial charge in [0.15, 0.2) is 11.0 Å². The maximum absolute atomic E-state index is 14.5. The van der Waals surface area contributed by atoms with Crippen LogP contribution in [0.2, 0.25) is 0 Å². The largest absolute Gasteiger partial charge is 0.497 e. The van der Waals surface area contributed by atoms with Gasteiger partial charge < -0.3 is 9.64 Å². The van der Waals surface area contributed by atoms with Crippen molar-refractivity contribution in [2.75, 3.05) is 19.9 Å².